The van der Waals surface area contributed by atoms with Crippen LogP contribution in [-0.4, -0.2) is 31.4 Å². The predicted octanol–water partition coefficient (Wildman–Crippen LogP) is 3.71. The minimum Gasteiger partial charge on any atom is -0.378 e. The number of nitrogens with zero attached hydrogens (tertiary/aromatic N) is 1. The summed E-state index contributed by atoms with van der Waals surface area (Å²) in [5.41, 5.74) is 3.13. The Morgan fingerprint density at radius 2 is 1.72 bits per heavy atom. The minimum absolute atomic E-state index is 0.0687. The number of rotatable bonds is 4. The van der Waals surface area contributed by atoms with Gasteiger partial charge in [-0.2, -0.15) is 0 Å². The largest absolute Gasteiger partial charge is 0.378 e. The zero-order chi connectivity index (χ0) is 17.6. The number of anilines is 2. The molecule has 1 aliphatic rings. The summed E-state index contributed by atoms with van der Waals surface area (Å²) in [5.74, 6) is -0.266. The van der Waals surface area contributed by atoms with Gasteiger partial charge in [0.25, 0.3) is 0 Å². The highest BCUT2D eigenvalue weighted by atomic mass is 32.1. The molecular formula is C19H22FN3OS. The van der Waals surface area contributed by atoms with E-state index in [2.05, 4.69) is 46.7 Å². The molecule has 0 bridgehead atoms. The molecule has 0 aliphatic carbocycles. The fourth-order valence-electron chi connectivity index (χ4n) is 2.78. The molecule has 6 heteroatoms. The molecule has 2 aromatic rings. The summed E-state index contributed by atoms with van der Waals surface area (Å²) in [5, 5.41) is 6.83. The highest BCUT2D eigenvalue weighted by Gasteiger charge is 2.12. The summed E-state index contributed by atoms with van der Waals surface area (Å²) in [4.78, 5) is 2.33. The number of benzene rings is 2. The van der Waals surface area contributed by atoms with Crippen molar-refractivity contribution in [3.63, 3.8) is 0 Å². The molecule has 0 amide bonds. The van der Waals surface area contributed by atoms with Gasteiger partial charge in [-0.3, -0.25) is 0 Å². The molecule has 2 aromatic carbocycles. The van der Waals surface area contributed by atoms with Crippen molar-refractivity contribution in [1.29, 1.82) is 0 Å². The van der Waals surface area contributed by atoms with Crippen LogP contribution in [0.5, 0.6) is 0 Å². The zero-order valence-corrected chi connectivity index (χ0v) is 15.0. The molecule has 1 heterocycles. The summed E-state index contributed by atoms with van der Waals surface area (Å²) in [6.07, 6.45) is 0. The van der Waals surface area contributed by atoms with Crippen LogP contribution in [0.25, 0.3) is 0 Å². The minimum atomic E-state index is -0.266. The Hall–Kier alpha value is -2.18. The first-order chi connectivity index (χ1) is 12.1. The number of halogens is 1. The van der Waals surface area contributed by atoms with Gasteiger partial charge >= 0.3 is 0 Å². The van der Waals surface area contributed by atoms with E-state index in [1.165, 1.54) is 17.8 Å². The van der Waals surface area contributed by atoms with Gasteiger partial charge < -0.3 is 20.3 Å². The molecule has 0 aromatic heterocycles. The SMILES string of the molecule is CC(NC(=S)Nc1ccc(F)cc1)c1ccc(N2CCOCC2)cc1. The van der Waals surface area contributed by atoms with E-state index in [9.17, 15) is 4.39 Å². The van der Waals surface area contributed by atoms with Crippen LogP contribution in [-0.2, 0) is 4.74 Å². The van der Waals surface area contributed by atoms with E-state index in [0.717, 1.165) is 37.6 Å². The van der Waals surface area contributed by atoms with E-state index < -0.39 is 0 Å². The molecule has 25 heavy (non-hydrogen) atoms. The standard InChI is InChI=1S/C19H22FN3OS/c1-14(21-19(25)22-17-6-4-16(20)5-7-17)15-2-8-18(9-3-15)23-10-12-24-13-11-23/h2-9,14H,10-13H2,1H3,(H2,21,22,25). The molecule has 1 fully saturated rings. The van der Waals surface area contributed by atoms with Crippen LogP contribution in [0.4, 0.5) is 15.8 Å². The lowest BCUT2D eigenvalue weighted by Crippen LogP contribution is -2.36. The number of ether oxygens (including phenoxy) is 1. The first kappa shape index (κ1) is 17.6. The maximum Gasteiger partial charge on any atom is 0.171 e. The van der Waals surface area contributed by atoms with Crippen molar-refractivity contribution in [2.75, 3.05) is 36.5 Å². The number of nitrogens with one attached hydrogen (secondary N) is 2. The summed E-state index contributed by atoms with van der Waals surface area (Å²) < 4.78 is 18.3. The maximum atomic E-state index is 12.9. The van der Waals surface area contributed by atoms with Gasteiger partial charge in [-0.05, 0) is 61.1 Å². The van der Waals surface area contributed by atoms with Crippen LogP contribution in [0, 0.1) is 5.82 Å². The summed E-state index contributed by atoms with van der Waals surface area (Å²) in [6, 6.07) is 14.7. The molecule has 1 unspecified atom stereocenters. The molecule has 1 atom stereocenters. The van der Waals surface area contributed by atoms with Gasteiger partial charge in [0.05, 0.1) is 19.3 Å². The quantitative estimate of drug-likeness (QED) is 0.814. The third-order valence-corrected chi connectivity index (χ3v) is 4.44. The first-order valence-electron chi connectivity index (χ1n) is 8.37. The van der Waals surface area contributed by atoms with Gasteiger partial charge in [-0.1, -0.05) is 12.1 Å². The van der Waals surface area contributed by atoms with Gasteiger partial charge in [0, 0.05) is 24.5 Å². The van der Waals surface area contributed by atoms with Crippen molar-refractivity contribution >= 4 is 28.7 Å². The van der Waals surface area contributed by atoms with Crippen molar-refractivity contribution in [3.8, 4) is 0 Å². The second-order valence-corrected chi connectivity index (χ2v) is 6.43. The van der Waals surface area contributed by atoms with Crippen molar-refractivity contribution in [2.24, 2.45) is 0 Å². The third-order valence-electron chi connectivity index (χ3n) is 4.22. The molecule has 0 radical (unpaired) electrons. The highest BCUT2D eigenvalue weighted by molar-refractivity contribution is 7.80. The summed E-state index contributed by atoms with van der Waals surface area (Å²) >= 11 is 5.34. The first-order valence-corrected chi connectivity index (χ1v) is 8.78. The molecule has 4 nitrogen and oxygen atoms in total. The Morgan fingerprint density at radius 3 is 2.36 bits per heavy atom. The van der Waals surface area contributed by atoms with E-state index in [0.29, 0.717) is 5.11 Å². The van der Waals surface area contributed by atoms with Crippen molar-refractivity contribution < 1.29 is 9.13 Å². The molecule has 1 aliphatic heterocycles. The van der Waals surface area contributed by atoms with Crippen LogP contribution < -0.4 is 15.5 Å². The summed E-state index contributed by atoms with van der Waals surface area (Å²) in [6.45, 7) is 5.48. The Morgan fingerprint density at radius 1 is 1.08 bits per heavy atom. The molecule has 2 N–H and O–H groups in total. The highest BCUT2D eigenvalue weighted by Crippen LogP contribution is 2.20. The smallest absolute Gasteiger partial charge is 0.171 e. The number of thiocarbonyl (C=S) groups is 1. The number of morpholine rings is 1. The van der Waals surface area contributed by atoms with Crippen LogP contribution in [0.2, 0.25) is 0 Å². The lowest BCUT2D eigenvalue weighted by molar-refractivity contribution is 0.122. The van der Waals surface area contributed by atoms with E-state index >= 15 is 0 Å². The van der Waals surface area contributed by atoms with Crippen molar-refractivity contribution in [1.82, 2.24) is 5.32 Å². The van der Waals surface area contributed by atoms with Crippen LogP contribution >= 0.6 is 12.2 Å². The monoisotopic (exact) mass is 359 g/mol. The molecule has 0 saturated carbocycles. The lowest BCUT2D eigenvalue weighted by atomic mass is 10.1. The average Bonchev–Trinajstić information content (AvgIpc) is 2.64. The van der Waals surface area contributed by atoms with E-state index in [1.54, 1.807) is 12.1 Å². The predicted molar refractivity (Wildman–Crippen MR) is 104 cm³/mol. The van der Waals surface area contributed by atoms with Gasteiger partial charge in [0.1, 0.15) is 5.82 Å². The molecule has 3 rings (SSSR count). The van der Waals surface area contributed by atoms with Gasteiger partial charge in [-0.15, -0.1) is 0 Å². The molecule has 132 valence electrons. The van der Waals surface area contributed by atoms with Crippen LogP contribution in [0.15, 0.2) is 48.5 Å². The Bertz CT molecular complexity index is 700. The fourth-order valence-corrected chi connectivity index (χ4v) is 3.07. The second kappa shape index (κ2) is 8.27. The average molecular weight is 359 g/mol. The Balaban J connectivity index is 1.55. The zero-order valence-electron chi connectivity index (χ0n) is 14.2. The van der Waals surface area contributed by atoms with Crippen molar-refractivity contribution in [2.45, 2.75) is 13.0 Å². The number of hydrogen-bond acceptors (Lipinski definition) is 3. The Labute approximate surface area is 153 Å². The van der Waals surface area contributed by atoms with Crippen molar-refractivity contribution in [3.05, 3.63) is 59.9 Å². The summed E-state index contributed by atoms with van der Waals surface area (Å²) in [7, 11) is 0. The maximum absolute atomic E-state index is 12.9. The second-order valence-electron chi connectivity index (χ2n) is 6.02. The van der Waals surface area contributed by atoms with Gasteiger partial charge in [0.15, 0.2) is 5.11 Å². The molecule has 1 saturated heterocycles. The van der Waals surface area contributed by atoms with E-state index in [1.807, 2.05) is 0 Å². The van der Waals surface area contributed by atoms with E-state index in [-0.39, 0.29) is 11.9 Å². The van der Waals surface area contributed by atoms with Gasteiger partial charge in [0.2, 0.25) is 0 Å². The lowest BCUT2D eigenvalue weighted by Gasteiger charge is -2.29. The topological polar surface area (TPSA) is 36.5 Å². The van der Waals surface area contributed by atoms with E-state index in [4.69, 9.17) is 17.0 Å². The van der Waals surface area contributed by atoms with Crippen LogP contribution in [0.1, 0.15) is 18.5 Å². The number of hydrogen-bond donors (Lipinski definition) is 2. The fraction of sp³-hybridized carbons (Fsp3) is 0.316. The normalized spacial score (nSPS) is 15.5. The molecular weight excluding hydrogens is 337 g/mol. The van der Waals surface area contributed by atoms with Crippen LogP contribution in [0.3, 0.4) is 0 Å². The molecule has 0 spiro atoms. The Kier molecular flexibility index (Phi) is 5.83. The third kappa shape index (κ3) is 4.90. The van der Waals surface area contributed by atoms with Gasteiger partial charge in [-0.25, -0.2) is 4.39 Å².